The average Bonchev–Trinajstić information content (AvgIpc) is 3.17. The first-order valence-corrected chi connectivity index (χ1v) is 9.14. The molecular formula is C16H23N3O3S. The highest BCUT2D eigenvalue weighted by atomic mass is 32.1. The first-order valence-electron chi connectivity index (χ1n) is 8.32. The summed E-state index contributed by atoms with van der Waals surface area (Å²) < 4.78 is 0. The van der Waals surface area contributed by atoms with Crippen molar-refractivity contribution in [1.82, 2.24) is 15.6 Å². The van der Waals surface area contributed by atoms with E-state index in [9.17, 15) is 14.7 Å². The standard InChI is InChI=1S/C16H23N3O3S/c20-15(19-12-3-1-2-11(12)16(21)22)13-9-18-14(23-13)8-10-4-6-17-7-5-10/h9-12,17H,1-8H2,(H,19,20)(H,21,22). The molecule has 3 rings (SSSR count). The lowest BCUT2D eigenvalue weighted by Gasteiger charge is -2.21. The molecule has 1 amide bonds. The smallest absolute Gasteiger partial charge is 0.308 e. The van der Waals surface area contributed by atoms with Gasteiger partial charge in [0.15, 0.2) is 0 Å². The molecule has 126 valence electrons. The summed E-state index contributed by atoms with van der Waals surface area (Å²) in [4.78, 5) is 28.5. The molecule has 2 atom stereocenters. The number of hydrogen-bond acceptors (Lipinski definition) is 5. The van der Waals surface area contributed by atoms with E-state index in [-0.39, 0.29) is 11.9 Å². The fraction of sp³-hybridized carbons (Fsp3) is 0.688. The monoisotopic (exact) mass is 337 g/mol. The van der Waals surface area contributed by atoms with Crippen molar-refractivity contribution in [2.24, 2.45) is 11.8 Å². The fourth-order valence-corrected chi connectivity index (χ4v) is 4.45. The maximum Gasteiger partial charge on any atom is 0.308 e. The van der Waals surface area contributed by atoms with Gasteiger partial charge in [-0.2, -0.15) is 0 Å². The van der Waals surface area contributed by atoms with Crippen molar-refractivity contribution in [2.75, 3.05) is 13.1 Å². The number of rotatable bonds is 5. The number of carbonyl (C=O) groups is 2. The van der Waals surface area contributed by atoms with Crippen molar-refractivity contribution in [1.29, 1.82) is 0 Å². The minimum atomic E-state index is -0.816. The van der Waals surface area contributed by atoms with E-state index in [2.05, 4.69) is 15.6 Å². The van der Waals surface area contributed by atoms with Crippen LogP contribution in [0.1, 0.15) is 46.8 Å². The molecular weight excluding hydrogens is 314 g/mol. The lowest BCUT2D eigenvalue weighted by molar-refractivity contribution is -0.142. The molecule has 6 nitrogen and oxygen atoms in total. The Balaban J connectivity index is 1.56. The highest BCUT2D eigenvalue weighted by Gasteiger charge is 2.34. The van der Waals surface area contributed by atoms with Crippen molar-refractivity contribution in [3.8, 4) is 0 Å². The number of carbonyl (C=O) groups excluding carboxylic acids is 1. The first-order chi connectivity index (χ1) is 11.1. The molecule has 1 aliphatic carbocycles. The summed E-state index contributed by atoms with van der Waals surface area (Å²) in [6, 6.07) is -0.255. The zero-order valence-corrected chi connectivity index (χ0v) is 13.9. The Morgan fingerprint density at radius 1 is 1.30 bits per heavy atom. The van der Waals surface area contributed by atoms with E-state index < -0.39 is 11.9 Å². The number of amides is 1. The molecule has 1 aromatic heterocycles. The minimum Gasteiger partial charge on any atom is -0.481 e. The van der Waals surface area contributed by atoms with E-state index in [1.165, 1.54) is 11.3 Å². The van der Waals surface area contributed by atoms with Gasteiger partial charge in [-0.05, 0) is 44.7 Å². The highest BCUT2D eigenvalue weighted by molar-refractivity contribution is 7.13. The van der Waals surface area contributed by atoms with Crippen LogP contribution >= 0.6 is 11.3 Å². The summed E-state index contributed by atoms with van der Waals surface area (Å²) in [6.45, 7) is 2.11. The van der Waals surface area contributed by atoms with Crippen molar-refractivity contribution in [3.05, 3.63) is 16.1 Å². The third-order valence-corrected chi connectivity index (χ3v) is 5.87. The van der Waals surface area contributed by atoms with Gasteiger partial charge in [0, 0.05) is 12.5 Å². The Labute approximate surface area is 139 Å². The maximum absolute atomic E-state index is 12.3. The van der Waals surface area contributed by atoms with E-state index in [1.54, 1.807) is 6.20 Å². The van der Waals surface area contributed by atoms with Gasteiger partial charge in [-0.25, -0.2) is 4.98 Å². The molecule has 1 aliphatic heterocycles. The predicted octanol–water partition coefficient (Wildman–Crippen LogP) is 1.67. The fourth-order valence-electron chi connectivity index (χ4n) is 3.51. The molecule has 3 N–H and O–H groups in total. The normalized spacial score (nSPS) is 25.4. The molecule has 0 spiro atoms. The lowest BCUT2D eigenvalue weighted by Crippen LogP contribution is -2.39. The van der Waals surface area contributed by atoms with Gasteiger partial charge in [-0.3, -0.25) is 9.59 Å². The third kappa shape index (κ3) is 4.09. The van der Waals surface area contributed by atoms with Crippen LogP contribution in [0.5, 0.6) is 0 Å². The van der Waals surface area contributed by atoms with Gasteiger partial charge in [0.05, 0.1) is 17.1 Å². The minimum absolute atomic E-state index is 0.183. The van der Waals surface area contributed by atoms with Crippen LogP contribution in [0, 0.1) is 11.8 Å². The van der Waals surface area contributed by atoms with Crippen LogP contribution < -0.4 is 10.6 Å². The number of carboxylic acids is 1. The molecule has 2 heterocycles. The summed E-state index contributed by atoms with van der Waals surface area (Å²) in [6.07, 6.45) is 7.10. The molecule has 1 saturated heterocycles. The number of carboxylic acid groups (broad SMARTS) is 1. The van der Waals surface area contributed by atoms with Crippen LogP contribution in [0.2, 0.25) is 0 Å². The molecule has 2 aliphatic rings. The Kier molecular flexibility index (Phi) is 5.27. The number of piperidine rings is 1. The SMILES string of the molecule is O=C(NC1CCCC1C(=O)O)c1cnc(CC2CCNCC2)s1. The summed E-state index contributed by atoms with van der Waals surface area (Å²) in [5.74, 6) is -0.813. The average molecular weight is 337 g/mol. The largest absolute Gasteiger partial charge is 0.481 e. The van der Waals surface area contributed by atoms with Crippen molar-refractivity contribution in [2.45, 2.75) is 44.6 Å². The first kappa shape index (κ1) is 16.4. The second-order valence-corrected chi connectivity index (χ2v) is 7.59. The molecule has 7 heteroatoms. The predicted molar refractivity (Wildman–Crippen MR) is 87.6 cm³/mol. The Morgan fingerprint density at radius 2 is 2.09 bits per heavy atom. The summed E-state index contributed by atoms with van der Waals surface area (Å²) in [5, 5.41) is 16.4. The van der Waals surface area contributed by atoms with Crippen molar-refractivity contribution >= 4 is 23.2 Å². The molecule has 0 aromatic carbocycles. The van der Waals surface area contributed by atoms with Crippen LogP contribution in [0.3, 0.4) is 0 Å². The third-order valence-electron chi connectivity index (χ3n) is 4.85. The van der Waals surface area contributed by atoms with E-state index >= 15 is 0 Å². The number of hydrogen-bond donors (Lipinski definition) is 3. The highest BCUT2D eigenvalue weighted by Crippen LogP contribution is 2.27. The van der Waals surface area contributed by atoms with E-state index in [0.29, 0.717) is 17.2 Å². The van der Waals surface area contributed by atoms with Crippen LogP contribution in [0.25, 0.3) is 0 Å². The second-order valence-electron chi connectivity index (χ2n) is 6.47. The van der Waals surface area contributed by atoms with Gasteiger partial charge in [-0.1, -0.05) is 6.42 Å². The van der Waals surface area contributed by atoms with Crippen LogP contribution in [0.4, 0.5) is 0 Å². The lowest BCUT2D eigenvalue weighted by atomic mass is 9.95. The van der Waals surface area contributed by atoms with E-state index in [1.807, 2.05) is 0 Å². The molecule has 2 fully saturated rings. The number of aromatic nitrogens is 1. The van der Waals surface area contributed by atoms with Gasteiger partial charge in [0.1, 0.15) is 4.88 Å². The van der Waals surface area contributed by atoms with Crippen LogP contribution in [-0.4, -0.2) is 41.1 Å². The Hall–Kier alpha value is -1.47. The van der Waals surface area contributed by atoms with Gasteiger partial charge in [-0.15, -0.1) is 11.3 Å². The van der Waals surface area contributed by atoms with Gasteiger partial charge >= 0.3 is 5.97 Å². The molecule has 0 radical (unpaired) electrons. The maximum atomic E-state index is 12.3. The summed E-state index contributed by atoms with van der Waals surface area (Å²) >= 11 is 1.44. The molecule has 0 bridgehead atoms. The molecule has 2 unspecified atom stereocenters. The van der Waals surface area contributed by atoms with Crippen LogP contribution in [-0.2, 0) is 11.2 Å². The number of nitrogens with one attached hydrogen (secondary N) is 2. The van der Waals surface area contributed by atoms with Gasteiger partial charge < -0.3 is 15.7 Å². The Bertz CT molecular complexity index is 569. The number of aliphatic carboxylic acids is 1. The molecule has 23 heavy (non-hydrogen) atoms. The topological polar surface area (TPSA) is 91.3 Å². The van der Waals surface area contributed by atoms with E-state index in [0.717, 1.165) is 50.2 Å². The van der Waals surface area contributed by atoms with Crippen molar-refractivity contribution < 1.29 is 14.7 Å². The quantitative estimate of drug-likeness (QED) is 0.760. The van der Waals surface area contributed by atoms with Crippen LogP contribution in [0.15, 0.2) is 6.20 Å². The molecule has 1 aromatic rings. The van der Waals surface area contributed by atoms with Gasteiger partial charge in [0.25, 0.3) is 5.91 Å². The number of nitrogens with zero attached hydrogens (tertiary/aromatic N) is 1. The van der Waals surface area contributed by atoms with Crippen molar-refractivity contribution in [3.63, 3.8) is 0 Å². The zero-order valence-electron chi connectivity index (χ0n) is 13.1. The second kappa shape index (κ2) is 7.40. The zero-order chi connectivity index (χ0) is 16.2. The van der Waals surface area contributed by atoms with Gasteiger partial charge in [0.2, 0.25) is 0 Å². The Morgan fingerprint density at radius 3 is 2.83 bits per heavy atom. The summed E-state index contributed by atoms with van der Waals surface area (Å²) in [5.41, 5.74) is 0. The molecule has 1 saturated carbocycles. The number of thiazole rings is 1. The van der Waals surface area contributed by atoms with E-state index in [4.69, 9.17) is 0 Å². The summed E-state index contributed by atoms with van der Waals surface area (Å²) in [7, 11) is 0.